The second-order valence-electron chi connectivity index (χ2n) is 6.60. The van der Waals surface area contributed by atoms with Crippen molar-refractivity contribution >= 4 is 28.7 Å². The molecule has 6 nitrogen and oxygen atoms in total. The Morgan fingerprint density at radius 1 is 1.15 bits per heavy atom. The number of esters is 1. The van der Waals surface area contributed by atoms with E-state index in [1.54, 1.807) is 25.1 Å². The first-order valence-electron chi connectivity index (χ1n) is 8.93. The molecule has 1 atom stereocenters. The normalized spacial score (nSPS) is 12.1. The van der Waals surface area contributed by atoms with E-state index in [4.69, 9.17) is 9.15 Å². The molecule has 1 unspecified atom stereocenters. The Morgan fingerprint density at radius 2 is 1.89 bits per heavy atom. The van der Waals surface area contributed by atoms with E-state index in [1.807, 2.05) is 24.3 Å². The third-order valence-corrected chi connectivity index (χ3v) is 4.32. The van der Waals surface area contributed by atoms with Gasteiger partial charge in [-0.2, -0.15) is 0 Å². The van der Waals surface area contributed by atoms with E-state index >= 15 is 0 Å². The number of fused-ring (bicyclic) bond motifs is 1. The maximum atomic E-state index is 12.5. The van der Waals surface area contributed by atoms with Gasteiger partial charge >= 0.3 is 5.97 Å². The predicted octanol–water partition coefficient (Wildman–Crippen LogP) is 4.53. The maximum Gasteiger partial charge on any atom is 0.339 e. The van der Waals surface area contributed by atoms with Crippen LogP contribution in [-0.4, -0.2) is 23.0 Å². The number of benzene rings is 2. The number of rotatable bonds is 6. The zero-order valence-electron chi connectivity index (χ0n) is 15.6. The molecule has 0 spiro atoms. The van der Waals surface area contributed by atoms with Crippen LogP contribution in [0.4, 0.5) is 5.69 Å². The number of ether oxygens (including phenoxy) is 1. The number of nitrogens with zero attached hydrogens (tertiary/aromatic N) is 1. The fraction of sp³-hybridized carbons (Fsp3) is 0.286. The van der Waals surface area contributed by atoms with Gasteiger partial charge in [-0.15, -0.1) is 0 Å². The van der Waals surface area contributed by atoms with Gasteiger partial charge in [0, 0.05) is 5.69 Å². The molecule has 6 heteroatoms. The average molecular weight is 366 g/mol. The van der Waals surface area contributed by atoms with Crippen molar-refractivity contribution in [2.24, 2.45) is 0 Å². The molecule has 3 aromatic rings. The van der Waals surface area contributed by atoms with Gasteiger partial charge in [-0.05, 0) is 48.2 Å². The van der Waals surface area contributed by atoms with Gasteiger partial charge in [-0.1, -0.05) is 32.9 Å². The lowest BCUT2D eigenvalue weighted by atomic mass is 10.0. The molecule has 1 heterocycles. The Balaban J connectivity index is 1.66. The van der Waals surface area contributed by atoms with Gasteiger partial charge in [0.25, 0.3) is 5.91 Å². The van der Waals surface area contributed by atoms with E-state index in [-0.39, 0.29) is 5.91 Å². The van der Waals surface area contributed by atoms with Crippen LogP contribution in [-0.2, 0) is 9.53 Å². The van der Waals surface area contributed by atoms with Gasteiger partial charge in [0.15, 0.2) is 18.1 Å². The third kappa shape index (κ3) is 4.34. The first-order valence-corrected chi connectivity index (χ1v) is 8.93. The summed E-state index contributed by atoms with van der Waals surface area (Å²) in [5, 5.41) is 2.80. The van der Waals surface area contributed by atoms with Gasteiger partial charge in [0.2, 0.25) is 0 Å². The average Bonchev–Trinajstić information content (AvgIpc) is 3.14. The summed E-state index contributed by atoms with van der Waals surface area (Å²) in [5.41, 5.74) is 3.32. The second kappa shape index (κ2) is 8.03. The molecule has 3 rings (SSSR count). The van der Waals surface area contributed by atoms with Gasteiger partial charge in [-0.25, -0.2) is 9.78 Å². The van der Waals surface area contributed by atoms with Crippen molar-refractivity contribution in [3.63, 3.8) is 0 Å². The minimum atomic E-state index is -0.882. The number of carbonyl (C=O) groups excluding carboxylic acids is 2. The largest absolute Gasteiger partial charge is 0.449 e. The number of oxazole rings is 1. The zero-order valence-corrected chi connectivity index (χ0v) is 15.6. The monoisotopic (exact) mass is 366 g/mol. The van der Waals surface area contributed by atoms with Gasteiger partial charge < -0.3 is 14.5 Å². The molecule has 0 fully saturated rings. The van der Waals surface area contributed by atoms with E-state index in [1.165, 1.54) is 12.0 Å². The number of hydrogen-bond acceptors (Lipinski definition) is 5. The molecule has 0 radical (unpaired) electrons. The minimum Gasteiger partial charge on any atom is -0.449 e. The molecule has 1 amide bonds. The third-order valence-electron chi connectivity index (χ3n) is 4.32. The SMILES string of the molecule is CCC(OC(=O)c1ccc2ncoc2c1)C(=O)Nc1ccc(C(C)C)cc1. The molecule has 27 heavy (non-hydrogen) atoms. The lowest BCUT2D eigenvalue weighted by Crippen LogP contribution is -2.32. The summed E-state index contributed by atoms with van der Waals surface area (Å²) in [6.07, 6.45) is 0.798. The highest BCUT2D eigenvalue weighted by molar-refractivity contribution is 5.98. The van der Waals surface area contributed by atoms with Crippen LogP contribution in [0.5, 0.6) is 0 Å². The van der Waals surface area contributed by atoms with Gasteiger partial charge in [-0.3, -0.25) is 4.79 Å². The van der Waals surface area contributed by atoms with Crippen molar-refractivity contribution < 1.29 is 18.7 Å². The molecule has 0 bridgehead atoms. The Kier molecular flexibility index (Phi) is 5.54. The summed E-state index contributed by atoms with van der Waals surface area (Å²) >= 11 is 0. The number of hydrogen-bond donors (Lipinski definition) is 1. The van der Waals surface area contributed by atoms with Crippen LogP contribution in [0, 0.1) is 0 Å². The van der Waals surface area contributed by atoms with E-state index in [9.17, 15) is 9.59 Å². The van der Waals surface area contributed by atoms with Crippen LogP contribution in [0.2, 0.25) is 0 Å². The fourth-order valence-corrected chi connectivity index (χ4v) is 2.68. The van der Waals surface area contributed by atoms with Crippen molar-refractivity contribution in [3.05, 3.63) is 60.0 Å². The van der Waals surface area contributed by atoms with Crippen LogP contribution in [0.1, 0.15) is 49.0 Å². The molecule has 2 aromatic carbocycles. The summed E-state index contributed by atoms with van der Waals surface area (Å²) in [7, 11) is 0. The summed E-state index contributed by atoms with van der Waals surface area (Å²) in [6, 6.07) is 12.5. The first-order chi connectivity index (χ1) is 13.0. The van der Waals surface area contributed by atoms with Crippen LogP contribution < -0.4 is 5.32 Å². The molecule has 0 saturated carbocycles. The van der Waals surface area contributed by atoms with Crippen LogP contribution in [0.3, 0.4) is 0 Å². The lowest BCUT2D eigenvalue weighted by Gasteiger charge is -2.16. The first kappa shape index (κ1) is 18.6. The highest BCUT2D eigenvalue weighted by atomic mass is 16.5. The van der Waals surface area contributed by atoms with Crippen molar-refractivity contribution in [1.82, 2.24) is 4.98 Å². The molecule has 1 N–H and O–H groups in total. The highest BCUT2D eigenvalue weighted by Crippen LogP contribution is 2.19. The lowest BCUT2D eigenvalue weighted by molar-refractivity contribution is -0.124. The summed E-state index contributed by atoms with van der Waals surface area (Å²) < 4.78 is 10.6. The Labute approximate surface area is 157 Å². The van der Waals surface area contributed by atoms with Crippen molar-refractivity contribution in [2.45, 2.75) is 39.2 Å². The molecular formula is C21H22N2O4. The zero-order chi connectivity index (χ0) is 19.4. The number of carbonyl (C=O) groups is 2. The molecular weight excluding hydrogens is 344 g/mol. The Hall–Kier alpha value is -3.15. The van der Waals surface area contributed by atoms with Crippen LogP contribution in [0.15, 0.2) is 53.3 Å². The standard InChI is InChI=1S/C21H22N2O4/c1-4-18(20(24)23-16-8-5-14(6-9-16)13(2)3)27-21(25)15-7-10-17-19(11-15)26-12-22-17/h5-13,18H,4H2,1-3H3,(H,23,24). The van der Waals surface area contributed by atoms with E-state index < -0.39 is 12.1 Å². The Bertz CT molecular complexity index is 944. The summed E-state index contributed by atoms with van der Waals surface area (Å²) in [4.78, 5) is 28.9. The van der Waals surface area contributed by atoms with Crippen molar-refractivity contribution in [1.29, 1.82) is 0 Å². The molecule has 140 valence electrons. The Morgan fingerprint density at radius 3 is 2.56 bits per heavy atom. The van der Waals surface area contributed by atoms with E-state index in [0.717, 1.165) is 0 Å². The molecule has 0 aliphatic rings. The number of aromatic nitrogens is 1. The predicted molar refractivity (Wildman–Crippen MR) is 103 cm³/mol. The fourth-order valence-electron chi connectivity index (χ4n) is 2.68. The topological polar surface area (TPSA) is 81.4 Å². The summed E-state index contributed by atoms with van der Waals surface area (Å²) in [6.45, 7) is 6.01. The maximum absolute atomic E-state index is 12.5. The van der Waals surface area contributed by atoms with Crippen molar-refractivity contribution in [3.8, 4) is 0 Å². The van der Waals surface area contributed by atoms with Crippen LogP contribution in [0.25, 0.3) is 11.1 Å². The smallest absolute Gasteiger partial charge is 0.339 e. The van der Waals surface area contributed by atoms with E-state index in [0.29, 0.717) is 34.7 Å². The molecule has 0 aliphatic carbocycles. The number of anilines is 1. The second-order valence-corrected chi connectivity index (χ2v) is 6.60. The molecule has 0 aliphatic heterocycles. The molecule has 1 aromatic heterocycles. The van der Waals surface area contributed by atoms with Gasteiger partial charge in [0.1, 0.15) is 5.52 Å². The minimum absolute atomic E-state index is 0.312. The number of amides is 1. The summed E-state index contributed by atoms with van der Waals surface area (Å²) in [5.74, 6) is -0.518. The quantitative estimate of drug-likeness (QED) is 0.649. The van der Waals surface area contributed by atoms with E-state index in [2.05, 4.69) is 24.1 Å². The highest BCUT2D eigenvalue weighted by Gasteiger charge is 2.22. The number of nitrogens with one attached hydrogen (secondary N) is 1. The molecule has 0 saturated heterocycles. The van der Waals surface area contributed by atoms with Crippen LogP contribution >= 0.6 is 0 Å². The van der Waals surface area contributed by atoms with Gasteiger partial charge in [0.05, 0.1) is 5.56 Å². The van der Waals surface area contributed by atoms with Crippen molar-refractivity contribution in [2.75, 3.05) is 5.32 Å².